The molecule has 1 unspecified atom stereocenters. The third-order valence-electron chi connectivity index (χ3n) is 2.62. The first kappa shape index (κ1) is 15.0. The fourth-order valence-corrected chi connectivity index (χ4v) is 1.53. The molecule has 16 heavy (non-hydrogen) atoms. The predicted molar refractivity (Wildman–Crippen MR) is 72.6 cm³/mol. The quantitative estimate of drug-likeness (QED) is 0.465. The van der Waals surface area contributed by atoms with Crippen molar-refractivity contribution in [3.63, 3.8) is 0 Å². The average molecular weight is 222 g/mol. The molecule has 0 aliphatic carbocycles. The highest BCUT2D eigenvalue weighted by Crippen LogP contribution is 2.12. The molecule has 1 atom stereocenters. The highest BCUT2D eigenvalue weighted by atomic mass is 16.2. The van der Waals surface area contributed by atoms with Gasteiger partial charge in [0.05, 0.1) is 6.26 Å². The third kappa shape index (κ3) is 9.57. The molecule has 0 saturated carbocycles. The van der Waals surface area contributed by atoms with Crippen LogP contribution in [0.25, 0.3) is 0 Å². The topological polar surface area (TPSA) is 20.2 Å². The van der Waals surface area contributed by atoms with Gasteiger partial charge in [0, 0.05) is 0 Å². The summed E-state index contributed by atoms with van der Waals surface area (Å²) in [4.78, 5) is 0. The van der Waals surface area contributed by atoms with Crippen LogP contribution in [0.3, 0.4) is 0 Å². The number of rotatable bonds is 7. The van der Waals surface area contributed by atoms with Gasteiger partial charge in [-0.1, -0.05) is 30.2 Å². The molecule has 1 N–H and O–H groups in total. The van der Waals surface area contributed by atoms with Crippen molar-refractivity contribution in [3.05, 3.63) is 35.6 Å². The van der Waals surface area contributed by atoms with Gasteiger partial charge in [-0.15, -0.1) is 0 Å². The van der Waals surface area contributed by atoms with Crippen LogP contribution in [0.2, 0.25) is 0 Å². The van der Waals surface area contributed by atoms with Gasteiger partial charge < -0.3 is 5.11 Å². The number of hydrogen-bond acceptors (Lipinski definition) is 1. The molecule has 0 rings (SSSR count). The zero-order chi connectivity index (χ0) is 12.4. The minimum Gasteiger partial charge on any atom is -0.516 e. The minimum atomic E-state index is 0.465. The molecule has 0 aliphatic rings. The van der Waals surface area contributed by atoms with Crippen molar-refractivity contribution in [2.75, 3.05) is 0 Å². The maximum Gasteiger partial charge on any atom is 0.0754 e. The van der Waals surface area contributed by atoms with Crippen LogP contribution in [0.15, 0.2) is 35.6 Å². The van der Waals surface area contributed by atoms with Gasteiger partial charge in [0.1, 0.15) is 0 Å². The van der Waals surface area contributed by atoms with E-state index >= 15 is 0 Å². The van der Waals surface area contributed by atoms with Gasteiger partial charge in [-0.3, -0.25) is 0 Å². The van der Waals surface area contributed by atoms with Gasteiger partial charge in [-0.2, -0.15) is 0 Å². The largest absolute Gasteiger partial charge is 0.516 e. The lowest BCUT2D eigenvalue weighted by Crippen LogP contribution is -1.88. The van der Waals surface area contributed by atoms with Crippen LogP contribution in [0.4, 0.5) is 0 Å². The smallest absolute Gasteiger partial charge is 0.0754 e. The van der Waals surface area contributed by atoms with E-state index in [-0.39, 0.29) is 0 Å². The van der Waals surface area contributed by atoms with E-state index in [1.807, 2.05) is 6.08 Å². The highest BCUT2D eigenvalue weighted by Gasteiger charge is 1.95. The second-order valence-electron chi connectivity index (χ2n) is 4.77. The number of hydrogen-bond donors (Lipinski definition) is 1. The molecule has 0 amide bonds. The third-order valence-corrected chi connectivity index (χ3v) is 2.62. The Morgan fingerprint density at radius 3 is 2.38 bits per heavy atom. The molecule has 0 aromatic carbocycles. The molecule has 0 saturated heterocycles. The van der Waals surface area contributed by atoms with Crippen molar-refractivity contribution in [1.82, 2.24) is 0 Å². The van der Waals surface area contributed by atoms with Crippen molar-refractivity contribution in [2.24, 2.45) is 5.92 Å². The molecular formula is C15H26O. The molecule has 1 nitrogen and oxygen atoms in total. The molecule has 0 bridgehead atoms. The predicted octanol–water partition coefficient (Wildman–Crippen LogP) is 5.17. The van der Waals surface area contributed by atoms with E-state index in [2.05, 4.69) is 39.8 Å². The Labute approximate surface area is 101 Å². The minimum absolute atomic E-state index is 0.465. The first-order valence-corrected chi connectivity index (χ1v) is 6.16. The Bertz CT molecular complexity index is 255. The Hall–Kier alpha value is -0.980. The van der Waals surface area contributed by atoms with E-state index in [0.29, 0.717) is 5.92 Å². The summed E-state index contributed by atoms with van der Waals surface area (Å²) in [5.74, 6) is 0.465. The summed E-state index contributed by atoms with van der Waals surface area (Å²) < 4.78 is 0. The van der Waals surface area contributed by atoms with E-state index < -0.39 is 0 Å². The number of aliphatic hydroxyl groups is 1. The lowest BCUT2D eigenvalue weighted by atomic mass is 10.0. The average Bonchev–Trinajstić information content (AvgIpc) is 2.17. The van der Waals surface area contributed by atoms with Crippen molar-refractivity contribution in [3.8, 4) is 0 Å². The van der Waals surface area contributed by atoms with Crippen LogP contribution in [0.1, 0.15) is 53.4 Å². The standard InChI is InChI=1S/C15H26O/c1-13(2)7-5-8-14(3)9-6-10-15(4)11-12-16/h7,9,11-12,15-16H,5-6,8,10H2,1-4H3. The molecule has 0 radical (unpaired) electrons. The fourth-order valence-electron chi connectivity index (χ4n) is 1.53. The van der Waals surface area contributed by atoms with Gasteiger partial charge >= 0.3 is 0 Å². The van der Waals surface area contributed by atoms with Crippen molar-refractivity contribution >= 4 is 0 Å². The molecule has 1 heteroatoms. The second-order valence-corrected chi connectivity index (χ2v) is 4.77. The summed E-state index contributed by atoms with van der Waals surface area (Å²) in [5.41, 5.74) is 2.87. The van der Waals surface area contributed by atoms with Gasteiger partial charge in [-0.05, 0) is 58.4 Å². The van der Waals surface area contributed by atoms with Crippen molar-refractivity contribution < 1.29 is 5.11 Å². The molecule has 0 aromatic heterocycles. The molecular weight excluding hydrogens is 196 g/mol. The molecule has 0 spiro atoms. The summed E-state index contributed by atoms with van der Waals surface area (Å²) in [5, 5.41) is 8.61. The lowest BCUT2D eigenvalue weighted by Gasteiger charge is -2.03. The monoisotopic (exact) mass is 222 g/mol. The zero-order valence-corrected chi connectivity index (χ0v) is 11.2. The van der Waals surface area contributed by atoms with Crippen LogP contribution in [0, 0.1) is 5.92 Å². The molecule has 92 valence electrons. The Balaban J connectivity index is 3.74. The molecule has 0 heterocycles. The van der Waals surface area contributed by atoms with E-state index in [1.54, 1.807) is 0 Å². The summed E-state index contributed by atoms with van der Waals surface area (Å²) in [6.07, 6.45) is 12.1. The van der Waals surface area contributed by atoms with E-state index in [4.69, 9.17) is 5.11 Å². The highest BCUT2D eigenvalue weighted by molar-refractivity contribution is 5.02. The maximum atomic E-state index is 8.61. The van der Waals surface area contributed by atoms with E-state index in [0.717, 1.165) is 31.9 Å². The zero-order valence-electron chi connectivity index (χ0n) is 11.2. The van der Waals surface area contributed by atoms with Gasteiger partial charge in [0.2, 0.25) is 0 Å². The Morgan fingerprint density at radius 1 is 1.12 bits per heavy atom. The summed E-state index contributed by atoms with van der Waals surface area (Å²) >= 11 is 0. The number of aliphatic hydroxyl groups excluding tert-OH is 1. The lowest BCUT2D eigenvalue weighted by molar-refractivity contribution is 0.463. The Kier molecular flexibility index (Phi) is 8.69. The van der Waals surface area contributed by atoms with E-state index in [9.17, 15) is 0 Å². The molecule has 0 fully saturated rings. The van der Waals surface area contributed by atoms with Crippen LogP contribution in [0.5, 0.6) is 0 Å². The van der Waals surface area contributed by atoms with Crippen LogP contribution >= 0.6 is 0 Å². The van der Waals surface area contributed by atoms with Crippen molar-refractivity contribution in [2.45, 2.75) is 53.4 Å². The molecule has 0 aliphatic heterocycles. The molecule has 0 aromatic rings. The normalized spacial score (nSPS) is 14.1. The maximum absolute atomic E-state index is 8.61. The van der Waals surface area contributed by atoms with E-state index in [1.165, 1.54) is 11.1 Å². The van der Waals surface area contributed by atoms with Crippen LogP contribution < -0.4 is 0 Å². The fraction of sp³-hybridized carbons (Fsp3) is 0.600. The van der Waals surface area contributed by atoms with Gasteiger partial charge in [-0.25, -0.2) is 0 Å². The number of allylic oxidation sites excluding steroid dienone is 5. The second kappa shape index (κ2) is 9.26. The van der Waals surface area contributed by atoms with Crippen LogP contribution in [-0.2, 0) is 0 Å². The Morgan fingerprint density at radius 2 is 1.81 bits per heavy atom. The first-order valence-electron chi connectivity index (χ1n) is 6.16. The first-order chi connectivity index (χ1) is 7.56. The van der Waals surface area contributed by atoms with Crippen LogP contribution in [-0.4, -0.2) is 5.11 Å². The summed E-state index contributed by atoms with van der Waals surface area (Å²) in [6.45, 7) is 8.61. The summed E-state index contributed by atoms with van der Waals surface area (Å²) in [6, 6.07) is 0. The SMILES string of the molecule is CC(C)=CCCC(C)=CCCC(C)C=CO. The van der Waals surface area contributed by atoms with Gasteiger partial charge in [0.15, 0.2) is 0 Å². The summed E-state index contributed by atoms with van der Waals surface area (Å²) in [7, 11) is 0. The van der Waals surface area contributed by atoms with Crippen molar-refractivity contribution in [1.29, 1.82) is 0 Å². The van der Waals surface area contributed by atoms with Gasteiger partial charge in [0.25, 0.3) is 0 Å².